The van der Waals surface area contributed by atoms with E-state index < -0.39 is 47.4 Å². The van der Waals surface area contributed by atoms with E-state index in [0.29, 0.717) is 5.57 Å². The molecular formula is C14H15ClN2O7S. The van der Waals surface area contributed by atoms with Crippen LogP contribution < -0.4 is 5.32 Å². The molecular weight excluding hydrogens is 376 g/mol. The summed E-state index contributed by atoms with van der Waals surface area (Å²) in [5, 5.41) is 11.2. The van der Waals surface area contributed by atoms with Gasteiger partial charge in [0.25, 0.3) is 5.91 Å². The first kappa shape index (κ1) is 19.3. The zero-order chi connectivity index (χ0) is 18.7. The van der Waals surface area contributed by atoms with Gasteiger partial charge in [0.15, 0.2) is 5.78 Å². The number of rotatable bonds is 7. The lowest BCUT2D eigenvalue weighted by molar-refractivity contribution is -0.151. The first-order chi connectivity index (χ1) is 11.8. The lowest BCUT2D eigenvalue weighted by Gasteiger charge is -2.49. The van der Waals surface area contributed by atoms with E-state index in [-0.39, 0.29) is 23.9 Å². The minimum atomic E-state index is -1.32. The predicted molar refractivity (Wildman–Crippen MR) is 86.7 cm³/mol. The van der Waals surface area contributed by atoms with Crippen LogP contribution in [0.3, 0.4) is 0 Å². The highest BCUT2D eigenvalue weighted by atomic mass is 35.5. The summed E-state index contributed by atoms with van der Waals surface area (Å²) in [5.74, 6) is -3.67. The number of esters is 1. The smallest absolute Gasteiger partial charge is 0.352 e. The first-order valence-electron chi connectivity index (χ1n) is 7.16. The molecule has 0 aromatic rings. The maximum Gasteiger partial charge on any atom is 0.352 e. The summed E-state index contributed by atoms with van der Waals surface area (Å²) in [7, 11) is 0. The molecule has 1 fully saturated rings. The number of alkyl halides is 1. The Morgan fingerprint density at radius 1 is 1.40 bits per heavy atom. The molecule has 2 aliphatic heterocycles. The van der Waals surface area contributed by atoms with E-state index in [0.717, 1.165) is 4.90 Å². The fraction of sp³-hybridized carbons (Fsp3) is 0.500. The fourth-order valence-corrected chi connectivity index (χ4v) is 3.86. The molecule has 2 N–H and O–H groups in total. The van der Waals surface area contributed by atoms with Crippen LogP contribution in [0.15, 0.2) is 11.3 Å². The Bertz CT molecular complexity index is 678. The Morgan fingerprint density at radius 3 is 2.64 bits per heavy atom. The molecule has 25 heavy (non-hydrogen) atoms. The molecule has 0 spiro atoms. The van der Waals surface area contributed by atoms with Crippen molar-refractivity contribution in [3.05, 3.63) is 11.3 Å². The molecule has 136 valence electrons. The number of ketones is 1. The number of nitrogens with zero attached hydrogens (tertiary/aromatic N) is 1. The van der Waals surface area contributed by atoms with Gasteiger partial charge in [-0.05, 0) is 0 Å². The highest BCUT2D eigenvalue weighted by molar-refractivity contribution is 8.00. The van der Waals surface area contributed by atoms with Gasteiger partial charge in [-0.3, -0.25) is 24.1 Å². The number of carbonyl (C=O) groups excluding carboxylic acids is 4. The number of nitrogens with one attached hydrogen (secondary N) is 1. The van der Waals surface area contributed by atoms with Gasteiger partial charge in [0.1, 0.15) is 23.7 Å². The molecule has 0 aliphatic carbocycles. The Morgan fingerprint density at radius 2 is 2.08 bits per heavy atom. The van der Waals surface area contributed by atoms with Crippen molar-refractivity contribution in [1.29, 1.82) is 0 Å². The second-order valence-corrected chi connectivity index (χ2v) is 6.71. The number of carboxylic acid groups (broad SMARTS) is 1. The number of amides is 2. The van der Waals surface area contributed by atoms with Crippen LogP contribution in [0.4, 0.5) is 0 Å². The molecule has 11 heteroatoms. The van der Waals surface area contributed by atoms with Crippen LogP contribution in [0, 0.1) is 0 Å². The number of carbonyl (C=O) groups is 5. The van der Waals surface area contributed by atoms with Crippen molar-refractivity contribution < 1.29 is 33.8 Å². The quantitative estimate of drug-likeness (QED) is 0.257. The molecule has 1 unspecified atom stereocenters. The number of fused-ring (bicyclic) bond motifs is 1. The summed E-state index contributed by atoms with van der Waals surface area (Å²) in [6.07, 6.45) is -0.440. The Kier molecular flexibility index (Phi) is 6.07. The molecule has 0 aromatic carbocycles. The highest BCUT2D eigenvalue weighted by Gasteiger charge is 2.54. The van der Waals surface area contributed by atoms with Gasteiger partial charge in [-0.25, -0.2) is 4.79 Å². The highest BCUT2D eigenvalue weighted by Crippen LogP contribution is 2.40. The van der Waals surface area contributed by atoms with Crippen LogP contribution in [0.25, 0.3) is 0 Å². The molecule has 2 atom stereocenters. The second-order valence-electron chi connectivity index (χ2n) is 5.34. The number of β-lactam (4-membered cyclic amide) rings is 1. The average molecular weight is 391 g/mol. The minimum absolute atomic E-state index is 0.221. The van der Waals surface area contributed by atoms with Crippen LogP contribution in [0.2, 0.25) is 0 Å². The van der Waals surface area contributed by atoms with Crippen molar-refractivity contribution in [1.82, 2.24) is 10.2 Å². The van der Waals surface area contributed by atoms with Gasteiger partial charge < -0.3 is 15.2 Å². The first-order valence-corrected chi connectivity index (χ1v) is 8.75. The van der Waals surface area contributed by atoms with Gasteiger partial charge >= 0.3 is 11.9 Å². The van der Waals surface area contributed by atoms with Crippen molar-refractivity contribution in [2.24, 2.45) is 0 Å². The third kappa shape index (κ3) is 4.13. The van der Waals surface area contributed by atoms with Gasteiger partial charge in [0, 0.05) is 18.2 Å². The maximum atomic E-state index is 12.3. The van der Waals surface area contributed by atoms with Crippen molar-refractivity contribution >= 4 is 52.9 Å². The fourth-order valence-electron chi connectivity index (χ4n) is 2.43. The zero-order valence-electron chi connectivity index (χ0n) is 13.1. The number of ether oxygens (including phenoxy) is 1. The number of carboxylic acids is 1. The summed E-state index contributed by atoms with van der Waals surface area (Å²) in [6.45, 7) is 0.976. The summed E-state index contributed by atoms with van der Waals surface area (Å²) < 4.78 is 4.82. The molecule has 0 saturated carbocycles. The zero-order valence-corrected chi connectivity index (χ0v) is 14.7. The number of hydrogen-bond donors (Lipinski definition) is 2. The number of Topliss-reactive ketones (excluding diaryl/α,β-unsaturated/α-hetero) is 1. The van der Waals surface area contributed by atoms with Crippen LogP contribution in [0.5, 0.6) is 0 Å². The molecule has 0 radical (unpaired) electrons. The van der Waals surface area contributed by atoms with Crippen LogP contribution in [0.1, 0.15) is 13.3 Å². The third-order valence-corrected chi connectivity index (χ3v) is 5.16. The van der Waals surface area contributed by atoms with E-state index in [9.17, 15) is 29.1 Å². The van der Waals surface area contributed by atoms with Crippen LogP contribution in [-0.4, -0.2) is 69.2 Å². The largest absolute Gasteiger partial charge is 0.477 e. The molecule has 2 amide bonds. The summed E-state index contributed by atoms with van der Waals surface area (Å²) in [5.41, 5.74) is 0.0664. The molecule has 1 saturated heterocycles. The van der Waals surface area contributed by atoms with E-state index in [1.165, 1.54) is 18.7 Å². The van der Waals surface area contributed by atoms with E-state index >= 15 is 0 Å². The molecule has 2 aliphatic rings. The van der Waals surface area contributed by atoms with E-state index in [4.69, 9.17) is 16.3 Å². The van der Waals surface area contributed by atoms with Gasteiger partial charge in [-0.15, -0.1) is 23.4 Å². The van der Waals surface area contributed by atoms with Crippen molar-refractivity contribution in [3.63, 3.8) is 0 Å². The molecule has 2 rings (SSSR count). The summed E-state index contributed by atoms with van der Waals surface area (Å²) in [4.78, 5) is 58.6. The van der Waals surface area contributed by atoms with Crippen LogP contribution in [-0.2, 0) is 28.7 Å². The number of halogens is 1. The lowest BCUT2D eigenvalue weighted by Crippen LogP contribution is -2.70. The number of thioether (sulfide) groups is 1. The Labute approximate surface area is 151 Å². The van der Waals surface area contributed by atoms with Gasteiger partial charge in [-0.1, -0.05) is 0 Å². The standard InChI is InChI=1S/C14H15ClN2O7S/c1-6(18)24-4-7-5-25-13-10(16-9(20)2-8(19)3-15)12(21)17(13)11(7)14(22)23/h10,13H,2-5H2,1H3,(H,16,20)(H,22,23)/t10?,13-/m1/s1. The molecule has 0 aromatic heterocycles. The van der Waals surface area contributed by atoms with Gasteiger partial charge in [-0.2, -0.15) is 0 Å². The van der Waals surface area contributed by atoms with Gasteiger partial charge in [0.05, 0.1) is 12.3 Å². The molecule has 0 bridgehead atoms. The Hall–Kier alpha value is -2.07. The lowest BCUT2D eigenvalue weighted by atomic mass is 10.0. The monoisotopic (exact) mass is 390 g/mol. The summed E-state index contributed by atoms with van der Waals surface area (Å²) in [6, 6.07) is -0.912. The normalized spacial score (nSPS) is 22.0. The van der Waals surface area contributed by atoms with E-state index in [2.05, 4.69) is 5.32 Å². The summed E-state index contributed by atoms with van der Waals surface area (Å²) >= 11 is 6.57. The van der Waals surface area contributed by atoms with E-state index in [1.807, 2.05) is 0 Å². The second kappa shape index (κ2) is 7.87. The van der Waals surface area contributed by atoms with Gasteiger partial charge in [0.2, 0.25) is 5.91 Å². The maximum absolute atomic E-state index is 12.3. The van der Waals surface area contributed by atoms with E-state index in [1.54, 1.807) is 0 Å². The minimum Gasteiger partial charge on any atom is -0.477 e. The SMILES string of the molecule is CC(=O)OCC1=C(C(=O)O)N2C(=O)C(NC(=O)CC(=O)CCl)[C@H]2SC1. The number of hydrogen-bond acceptors (Lipinski definition) is 7. The van der Waals surface area contributed by atoms with Crippen molar-refractivity contribution in [3.8, 4) is 0 Å². The Balaban J connectivity index is 2.10. The molecule has 2 heterocycles. The van der Waals surface area contributed by atoms with Crippen molar-refractivity contribution in [2.75, 3.05) is 18.2 Å². The average Bonchev–Trinajstić information content (AvgIpc) is 2.56. The third-order valence-electron chi connectivity index (χ3n) is 3.52. The van der Waals surface area contributed by atoms with Crippen LogP contribution >= 0.6 is 23.4 Å². The number of aliphatic carboxylic acids is 1. The topological polar surface area (TPSA) is 130 Å². The molecule has 9 nitrogen and oxygen atoms in total. The van der Waals surface area contributed by atoms with Crippen molar-refractivity contribution in [2.45, 2.75) is 24.8 Å². The predicted octanol–water partition coefficient (Wildman–Crippen LogP) is -0.514.